The van der Waals surface area contributed by atoms with Gasteiger partial charge < -0.3 is 0 Å². The molecule has 0 amide bonds. The molecule has 0 spiro atoms. The van der Waals surface area contributed by atoms with Gasteiger partial charge in [-0.25, -0.2) is 0 Å². The van der Waals surface area contributed by atoms with E-state index in [9.17, 15) is 4.79 Å². The number of rotatable bonds is 0. The van der Waals surface area contributed by atoms with Gasteiger partial charge in [-0.05, 0) is 36.2 Å². The highest BCUT2D eigenvalue weighted by Gasteiger charge is 2.44. The Kier molecular flexibility index (Phi) is 1.64. The zero-order valence-corrected chi connectivity index (χ0v) is 7.73. The van der Waals surface area contributed by atoms with Gasteiger partial charge in [0.2, 0.25) is 0 Å². The fourth-order valence-electron chi connectivity index (χ4n) is 2.88. The van der Waals surface area contributed by atoms with E-state index in [2.05, 4.69) is 13.5 Å². The Morgan fingerprint density at radius 1 is 1.50 bits per heavy atom. The van der Waals surface area contributed by atoms with Crippen molar-refractivity contribution in [3.63, 3.8) is 0 Å². The van der Waals surface area contributed by atoms with E-state index in [0.29, 0.717) is 17.1 Å². The molecule has 0 bridgehead atoms. The van der Waals surface area contributed by atoms with Gasteiger partial charge >= 0.3 is 0 Å². The second-order valence-corrected chi connectivity index (χ2v) is 4.55. The molecule has 1 heteroatoms. The van der Waals surface area contributed by atoms with Gasteiger partial charge in [-0.15, -0.1) is 0 Å². The Morgan fingerprint density at radius 3 is 3.00 bits per heavy atom. The first-order valence-corrected chi connectivity index (χ1v) is 4.85. The number of carbonyl (C=O) groups excluding carboxylic acids is 1. The van der Waals surface area contributed by atoms with Crippen molar-refractivity contribution in [3.8, 4) is 0 Å². The number of ketones is 1. The maximum atomic E-state index is 11.4. The van der Waals surface area contributed by atoms with Gasteiger partial charge in [0.15, 0.2) is 5.78 Å². The van der Waals surface area contributed by atoms with E-state index in [0.717, 1.165) is 18.4 Å². The van der Waals surface area contributed by atoms with Gasteiger partial charge in [-0.2, -0.15) is 0 Å². The molecule has 0 saturated heterocycles. The van der Waals surface area contributed by atoms with E-state index in [1.54, 1.807) is 0 Å². The first-order valence-electron chi connectivity index (χ1n) is 4.85. The predicted octanol–water partition coefficient (Wildman–Crippen LogP) is 2.71. The molecule has 0 aromatic carbocycles. The molecule has 1 nitrogen and oxygen atoms in total. The van der Waals surface area contributed by atoms with Gasteiger partial charge in [-0.1, -0.05) is 19.9 Å². The molecular weight excluding hydrogens is 148 g/mol. The molecule has 2 rings (SSSR count). The molecule has 12 heavy (non-hydrogen) atoms. The van der Waals surface area contributed by atoms with Crippen molar-refractivity contribution in [1.82, 2.24) is 0 Å². The van der Waals surface area contributed by atoms with Crippen LogP contribution in [0, 0.1) is 11.3 Å². The molecule has 0 heterocycles. The normalized spacial score (nSPS) is 41.6. The standard InChI is InChI=1S/C11H16O/c1-8-9-4-3-6-11(9,2)7-5-10(8)12/h9H,1,3-7H2,2H3/t9-,11-/m1/s1. The molecule has 0 unspecified atom stereocenters. The van der Waals surface area contributed by atoms with Crippen molar-refractivity contribution >= 4 is 5.78 Å². The summed E-state index contributed by atoms with van der Waals surface area (Å²) in [6, 6.07) is 0. The van der Waals surface area contributed by atoms with Crippen LogP contribution in [0.3, 0.4) is 0 Å². The third kappa shape index (κ3) is 0.954. The lowest BCUT2D eigenvalue weighted by Gasteiger charge is -2.36. The number of fused-ring (bicyclic) bond motifs is 1. The summed E-state index contributed by atoms with van der Waals surface area (Å²) in [5, 5.41) is 0. The van der Waals surface area contributed by atoms with Crippen LogP contribution >= 0.6 is 0 Å². The van der Waals surface area contributed by atoms with Crippen molar-refractivity contribution in [2.45, 2.75) is 39.0 Å². The van der Waals surface area contributed by atoms with E-state index < -0.39 is 0 Å². The fourth-order valence-corrected chi connectivity index (χ4v) is 2.88. The van der Waals surface area contributed by atoms with Crippen LogP contribution in [0.4, 0.5) is 0 Å². The molecule has 0 aromatic rings. The summed E-state index contributed by atoms with van der Waals surface area (Å²) < 4.78 is 0. The molecular formula is C11H16O. The van der Waals surface area contributed by atoms with E-state index in [1.807, 2.05) is 0 Å². The Labute approximate surface area is 73.8 Å². The lowest BCUT2D eigenvalue weighted by molar-refractivity contribution is -0.118. The Balaban J connectivity index is 2.28. The topological polar surface area (TPSA) is 17.1 Å². The lowest BCUT2D eigenvalue weighted by atomic mass is 9.67. The summed E-state index contributed by atoms with van der Waals surface area (Å²) in [5.41, 5.74) is 1.34. The van der Waals surface area contributed by atoms with Crippen LogP contribution in [-0.4, -0.2) is 5.78 Å². The van der Waals surface area contributed by atoms with Crippen LogP contribution in [0.2, 0.25) is 0 Å². The van der Waals surface area contributed by atoms with Crippen LogP contribution in [0.25, 0.3) is 0 Å². The summed E-state index contributed by atoms with van der Waals surface area (Å²) in [6.07, 6.45) is 5.61. The average Bonchev–Trinajstić information content (AvgIpc) is 2.42. The van der Waals surface area contributed by atoms with Crippen molar-refractivity contribution in [2.75, 3.05) is 0 Å². The van der Waals surface area contributed by atoms with Crippen molar-refractivity contribution in [1.29, 1.82) is 0 Å². The van der Waals surface area contributed by atoms with Crippen molar-refractivity contribution in [2.24, 2.45) is 11.3 Å². The van der Waals surface area contributed by atoms with E-state index >= 15 is 0 Å². The Morgan fingerprint density at radius 2 is 2.25 bits per heavy atom. The minimum atomic E-state index is 0.319. The molecule has 0 aromatic heterocycles. The van der Waals surface area contributed by atoms with Crippen LogP contribution in [0.15, 0.2) is 12.2 Å². The molecule has 0 N–H and O–H groups in total. The quantitative estimate of drug-likeness (QED) is 0.503. The first-order chi connectivity index (χ1) is 5.63. The number of carbonyl (C=O) groups is 1. The van der Waals surface area contributed by atoms with Crippen molar-refractivity contribution in [3.05, 3.63) is 12.2 Å². The van der Waals surface area contributed by atoms with Gasteiger partial charge in [0.1, 0.15) is 0 Å². The minimum absolute atomic E-state index is 0.319. The average molecular weight is 164 g/mol. The highest BCUT2D eigenvalue weighted by atomic mass is 16.1. The molecule has 2 atom stereocenters. The molecule has 2 aliphatic rings. The fraction of sp³-hybridized carbons (Fsp3) is 0.727. The van der Waals surface area contributed by atoms with Gasteiger partial charge in [0.05, 0.1) is 0 Å². The highest BCUT2D eigenvalue weighted by molar-refractivity contribution is 5.96. The maximum Gasteiger partial charge on any atom is 0.158 e. The summed E-state index contributed by atoms with van der Waals surface area (Å²) in [4.78, 5) is 11.4. The van der Waals surface area contributed by atoms with Crippen molar-refractivity contribution < 1.29 is 4.79 Å². The third-order valence-corrected chi connectivity index (χ3v) is 3.78. The molecule has 0 aliphatic heterocycles. The van der Waals surface area contributed by atoms with E-state index in [1.165, 1.54) is 19.3 Å². The van der Waals surface area contributed by atoms with Crippen LogP contribution < -0.4 is 0 Å². The van der Waals surface area contributed by atoms with Gasteiger partial charge in [0.25, 0.3) is 0 Å². The summed E-state index contributed by atoms with van der Waals surface area (Å²) >= 11 is 0. The molecule has 2 aliphatic carbocycles. The van der Waals surface area contributed by atoms with Crippen LogP contribution in [0.5, 0.6) is 0 Å². The summed E-state index contributed by atoms with van der Waals surface area (Å²) in [7, 11) is 0. The summed E-state index contributed by atoms with van der Waals surface area (Å²) in [6.45, 7) is 6.26. The minimum Gasteiger partial charge on any atom is -0.295 e. The zero-order valence-electron chi connectivity index (χ0n) is 7.73. The number of allylic oxidation sites excluding steroid dienone is 1. The predicted molar refractivity (Wildman–Crippen MR) is 48.8 cm³/mol. The zero-order chi connectivity index (χ0) is 8.77. The second kappa shape index (κ2) is 2.45. The largest absolute Gasteiger partial charge is 0.295 e. The monoisotopic (exact) mass is 164 g/mol. The highest BCUT2D eigenvalue weighted by Crippen LogP contribution is 2.52. The smallest absolute Gasteiger partial charge is 0.158 e. The summed E-state index contributed by atoms with van der Waals surface area (Å²) in [5.74, 6) is 0.832. The lowest BCUT2D eigenvalue weighted by Crippen LogP contribution is -2.31. The van der Waals surface area contributed by atoms with E-state index in [4.69, 9.17) is 0 Å². The second-order valence-electron chi connectivity index (χ2n) is 4.55. The maximum absolute atomic E-state index is 11.4. The van der Waals surface area contributed by atoms with Gasteiger partial charge in [-0.3, -0.25) is 4.79 Å². The third-order valence-electron chi connectivity index (χ3n) is 3.78. The first kappa shape index (κ1) is 8.03. The molecule has 66 valence electrons. The number of Topliss-reactive ketones (excluding diaryl/α,β-unsaturated/α-hetero) is 1. The Bertz CT molecular complexity index is 241. The van der Waals surface area contributed by atoms with Crippen LogP contribution in [-0.2, 0) is 4.79 Å². The van der Waals surface area contributed by atoms with Gasteiger partial charge in [0, 0.05) is 6.42 Å². The number of hydrogen-bond donors (Lipinski definition) is 0. The van der Waals surface area contributed by atoms with Crippen LogP contribution in [0.1, 0.15) is 39.0 Å². The number of hydrogen-bond acceptors (Lipinski definition) is 1. The Hall–Kier alpha value is -0.590. The molecule has 0 radical (unpaired) electrons. The van der Waals surface area contributed by atoms with E-state index in [-0.39, 0.29) is 0 Å². The molecule has 2 fully saturated rings. The molecule has 2 saturated carbocycles. The SMILES string of the molecule is C=C1C(=O)CC[C@@]2(C)CCC[C@H]12.